The number of thioether (sulfide) groups is 1. The number of hydrogen-bond acceptors (Lipinski definition) is 3. The van der Waals surface area contributed by atoms with Gasteiger partial charge in [-0.25, -0.2) is 0 Å². The number of hydrogen-bond donors (Lipinski definition) is 2. The average Bonchev–Trinajstić information content (AvgIpc) is 3.00. The minimum Gasteiger partial charge on any atom is -0.329 e. The Morgan fingerprint density at radius 3 is 2.62 bits per heavy atom. The van der Waals surface area contributed by atoms with E-state index in [1.54, 1.807) is 0 Å². The van der Waals surface area contributed by atoms with E-state index in [1.165, 1.54) is 43.7 Å². The molecule has 3 N–H and O–H groups in total. The van der Waals surface area contributed by atoms with E-state index in [0.29, 0.717) is 5.41 Å². The molecule has 94 valence electrons. The van der Waals surface area contributed by atoms with E-state index in [1.807, 2.05) is 0 Å². The van der Waals surface area contributed by atoms with Crippen LogP contribution >= 0.6 is 11.8 Å². The molecule has 0 spiro atoms. The molecule has 3 heteroatoms. The molecule has 0 bridgehead atoms. The maximum Gasteiger partial charge on any atom is 0.0400 e. The van der Waals surface area contributed by atoms with E-state index >= 15 is 0 Å². The molecule has 2 aliphatic rings. The molecule has 1 saturated carbocycles. The second-order valence-electron chi connectivity index (χ2n) is 6.48. The Labute approximate surface area is 104 Å². The molecule has 1 unspecified atom stereocenters. The van der Waals surface area contributed by atoms with E-state index in [0.717, 1.165) is 12.5 Å². The molecule has 1 heterocycles. The summed E-state index contributed by atoms with van der Waals surface area (Å²) in [5.41, 5.74) is 6.67. The smallest absolute Gasteiger partial charge is 0.0400 e. The summed E-state index contributed by atoms with van der Waals surface area (Å²) < 4.78 is 0. The topological polar surface area (TPSA) is 38.0 Å². The first-order valence-electron chi connectivity index (χ1n) is 6.58. The van der Waals surface area contributed by atoms with E-state index in [9.17, 15) is 0 Å². The Morgan fingerprint density at radius 2 is 2.06 bits per heavy atom. The lowest BCUT2D eigenvalue weighted by Crippen LogP contribution is -2.58. The van der Waals surface area contributed by atoms with E-state index < -0.39 is 0 Å². The lowest BCUT2D eigenvalue weighted by atomic mass is 9.79. The van der Waals surface area contributed by atoms with Gasteiger partial charge in [0.05, 0.1) is 0 Å². The minimum absolute atomic E-state index is 0.210. The standard InChI is InChI=1S/C13H26N2S/c1-12(2)7-13(8-14,10-16-9-12)15-6-5-11-3-4-11/h11,15H,3-10,14H2,1-2H3. The van der Waals surface area contributed by atoms with Crippen molar-refractivity contribution in [3.05, 3.63) is 0 Å². The number of nitrogens with one attached hydrogen (secondary N) is 1. The van der Waals surface area contributed by atoms with Gasteiger partial charge in [-0.15, -0.1) is 0 Å². The molecule has 16 heavy (non-hydrogen) atoms. The van der Waals surface area contributed by atoms with Gasteiger partial charge in [0.2, 0.25) is 0 Å². The molecule has 2 rings (SSSR count). The quantitative estimate of drug-likeness (QED) is 0.776. The fourth-order valence-corrected chi connectivity index (χ4v) is 4.28. The molecule has 0 aromatic carbocycles. The summed E-state index contributed by atoms with van der Waals surface area (Å²) in [4.78, 5) is 0. The van der Waals surface area contributed by atoms with Crippen LogP contribution in [0.4, 0.5) is 0 Å². The summed E-state index contributed by atoms with van der Waals surface area (Å²) in [6.45, 7) is 6.69. The number of rotatable bonds is 5. The zero-order valence-electron chi connectivity index (χ0n) is 10.7. The molecule has 1 aliphatic heterocycles. The van der Waals surface area contributed by atoms with Gasteiger partial charge in [-0.2, -0.15) is 11.8 Å². The van der Waals surface area contributed by atoms with Crippen LogP contribution in [-0.4, -0.2) is 30.1 Å². The van der Waals surface area contributed by atoms with Gasteiger partial charge in [0.25, 0.3) is 0 Å². The van der Waals surface area contributed by atoms with Gasteiger partial charge < -0.3 is 11.1 Å². The molecular weight excluding hydrogens is 216 g/mol. The predicted octanol–water partition coefficient (Wildman–Crippen LogP) is 2.24. The van der Waals surface area contributed by atoms with Crippen molar-refractivity contribution in [2.24, 2.45) is 17.1 Å². The SMILES string of the molecule is CC1(C)CSCC(CN)(NCCC2CC2)C1. The highest BCUT2D eigenvalue weighted by Gasteiger charge is 2.39. The number of nitrogens with two attached hydrogens (primary N) is 1. The zero-order valence-corrected chi connectivity index (χ0v) is 11.5. The molecule has 1 atom stereocenters. The van der Waals surface area contributed by atoms with Crippen LogP contribution in [0.3, 0.4) is 0 Å². The lowest BCUT2D eigenvalue weighted by molar-refractivity contribution is 0.227. The van der Waals surface area contributed by atoms with Gasteiger partial charge in [-0.05, 0) is 36.5 Å². The predicted molar refractivity (Wildman–Crippen MR) is 72.9 cm³/mol. The first-order chi connectivity index (χ1) is 7.55. The van der Waals surface area contributed by atoms with Crippen molar-refractivity contribution in [2.45, 2.75) is 45.1 Å². The Kier molecular flexibility index (Phi) is 3.87. The first kappa shape index (κ1) is 12.7. The van der Waals surface area contributed by atoms with Crippen molar-refractivity contribution in [1.82, 2.24) is 5.32 Å². The van der Waals surface area contributed by atoms with E-state index in [4.69, 9.17) is 5.73 Å². The van der Waals surface area contributed by atoms with Gasteiger partial charge in [0, 0.05) is 17.8 Å². The van der Waals surface area contributed by atoms with E-state index in [2.05, 4.69) is 30.9 Å². The van der Waals surface area contributed by atoms with Gasteiger partial charge in [0.15, 0.2) is 0 Å². The van der Waals surface area contributed by atoms with Gasteiger partial charge in [-0.1, -0.05) is 26.7 Å². The lowest BCUT2D eigenvalue weighted by Gasteiger charge is -2.44. The van der Waals surface area contributed by atoms with E-state index in [-0.39, 0.29) is 5.54 Å². The van der Waals surface area contributed by atoms with Gasteiger partial charge >= 0.3 is 0 Å². The molecule has 0 radical (unpaired) electrons. The Hall–Kier alpha value is 0.270. The first-order valence-corrected chi connectivity index (χ1v) is 7.74. The third-order valence-corrected chi connectivity index (χ3v) is 5.57. The van der Waals surface area contributed by atoms with Crippen molar-refractivity contribution in [3.8, 4) is 0 Å². The summed E-state index contributed by atoms with van der Waals surface area (Å²) in [7, 11) is 0. The molecule has 1 saturated heterocycles. The van der Waals surface area contributed by atoms with Crippen molar-refractivity contribution in [2.75, 3.05) is 24.6 Å². The third kappa shape index (κ3) is 3.38. The van der Waals surface area contributed by atoms with Crippen LogP contribution in [0.15, 0.2) is 0 Å². The van der Waals surface area contributed by atoms with Crippen LogP contribution < -0.4 is 11.1 Å². The molecule has 0 aromatic heterocycles. The van der Waals surface area contributed by atoms with Crippen LogP contribution in [0.2, 0.25) is 0 Å². The van der Waals surface area contributed by atoms with Gasteiger partial charge in [0.1, 0.15) is 0 Å². The monoisotopic (exact) mass is 242 g/mol. The summed E-state index contributed by atoms with van der Waals surface area (Å²) in [5, 5.41) is 3.77. The molecule has 0 aromatic rings. The highest BCUT2D eigenvalue weighted by atomic mass is 32.2. The molecular formula is C13H26N2S. The normalized spacial score (nSPS) is 33.9. The van der Waals surface area contributed by atoms with Crippen LogP contribution in [0.5, 0.6) is 0 Å². The van der Waals surface area contributed by atoms with Crippen molar-refractivity contribution in [1.29, 1.82) is 0 Å². The fourth-order valence-electron chi connectivity index (χ4n) is 2.81. The van der Waals surface area contributed by atoms with Crippen molar-refractivity contribution < 1.29 is 0 Å². The van der Waals surface area contributed by atoms with Crippen molar-refractivity contribution >= 4 is 11.8 Å². The van der Waals surface area contributed by atoms with Gasteiger partial charge in [-0.3, -0.25) is 0 Å². The summed E-state index contributed by atoms with van der Waals surface area (Å²) in [6, 6.07) is 0. The zero-order chi connectivity index (χ0) is 11.6. The van der Waals surface area contributed by atoms with Crippen LogP contribution in [-0.2, 0) is 0 Å². The molecule has 1 aliphatic carbocycles. The second-order valence-corrected chi connectivity index (χ2v) is 7.46. The second kappa shape index (κ2) is 4.87. The van der Waals surface area contributed by atoms with Crippen LogP contribution in [0.1, 0.15) is 39.5 Å². The van der Waals surface area contributed by atoms with Crippen LogP contribution in [0.25, 0.3) is 0 Å². The summed E-state index contributed by atoms with van der Waals surface area (Å²) in [6.07, 6.45) is 5.50. The average molecular weight is 242 g/mol. The van der Waals surface area contributed by atoms with Crippen LogP contribution in [0, 0.1) is 11.3 Å². The molecule has 2 fully saturated rings. The molecule has 0 amide bonds. The Balaban J connectivity index is 1.84. The fraction of sp³-hybridized carbons (Fsp3) is 1.00. The third-order valence-electron chi connectivity index (χ3n) is 3.83. The molecule has 2 nitrogen and oxygen atoms in total. The maximum atomic E-state index is 6.02. The summed E-state index contributed by atoms with van der Waals surface area (Å²) >= 11 is 2.07. The Morgan fingerprint density at radius 1 is 1.31 bits per heavy atom. The highest BCUT2D eigenvalue weighted by molar-refractivity contribution is 7.99. The minimum atomic E-state index is 0.210. The Bertz CT molecular complexity index is 238. The van der Waals surface area contributed by atoms with Crippen molar-refractivity contribution in [3.63, 3.8) is 0 Å². The summed E-state index contributed by atoms with van der Waals surface area (Å²) in [5.74, 6) is 3.49. The highest BCUT2D eigenvalue weighted by Crippen LogP contribution is 2.39. The maximum absolute atomic E-state index is 6.02. The largest absolute Gasteiger partial charge is 0.329 e.